The SMILES string of the molecule is CCC(CC)N(CC(C)C)c1ccccc1C=O. The van der Waals surface area contributed by atoms with Crippen LogP contribution in [0.4, 0.5) is 5.69 Å². The van der Waals surface area contributed by atoms with Crippen molar-refractivity contribution in [3.8, 4) is 0 Å². The second kappa shape index (κ2) is 7.20. The third-order valence-electron chi connectivity index (χ3n) is 3.32. The van der Waals surface area contributed by atoms with Crippen LogP contribution in [0.5, 0.6) is 0 Å². The number of rotatable bonds is 7. The number of hydrogen-bond acceptors (Lipinski definition) is 2. The molecule has 0 aliphatic rings. The van der Waals surface area contributed by atoms with Crippen LogP contribution >= 0.6 is 0 Å². The zero-order valence-electron chi connectivity index (χ0n) is 12.0. The third kappa shape index (κ3) is 3.59. The maximum atomic E-state index is 11.2. The quantitative estimate of drug-likeness (QED) is 0.675. The Morgan fingerprint density at radius 1 is 1.17 bits per heavy atom. The highest BCUT2D eigenvalue weighted by atomic mass is 16.1. The molecule has 0 spiro atoms. The van der Waals surface area contributed by atoms with Gasteiger partial charge in [0.1, 0.15) is 0 Å². The molecule has 1 aromatic carbocycles. The van der Waals surface area contributed by atoms with E-state index in [1.54, 1.807) is 0 Å². The number of nitrogens with zero attached hydrogens (tertiary/aromatic N) is 1. The molecule has 0 aromatic heterocycles. The van der Waals surface area contributed by atoms with Crippen LogP contribution in [0.25, 0.3) is 0 Å². The van der Waals surface area contributed by atoms with Gasteiger partial charge in [-0.3, -0.25) is 4.79 Å². The Balaban J connectivity index is 3.11. The summed E-state index contributed by atoms with van der Waals surface area (Å²) in [6.45, 7) is 9.87. The summed E-state index contributed by atoms with van der Waals surface area (Å²) in [4.78, 5) is 13.6. The first-order chi connectivity index (χ1) is 8.63. The fraction of sp³-hybridized carbons (Fsp3) is 0.562. The molecule has 0 aliphatic carbocycles. The van der Waals surface area contributed by atoms with E-state index in [2.05, 4.69) is 38.7 Å². The van der Waals surface area contributed by atoms with Crippen molar-refractivity contribution in [3.63, 3.8) is 0 Å². The van der Waals surface area contributed by atoms with Crippen LogP contribution in [0.3, 0.4) is 0 Å². The summed E-state index contributed by atoms with van der Waals surface area (Å²) in [5.74, 6) is 0.588. The van der Waals surface area contributed by atoms with Gasteiger partial charge in [0.25, 0.3) is 0 Å². The maximum Gasteiger partial charge on any atom is 0.152 e. The molecule has 2 nitrogen and oxygen atoms in total. The number of benzene rings is 1. The van der Waals surface area contributed by atoms with Crippen molar-refractivity contribution in [2.45, 2.75) is 46.6 Å². The molecule has 2 heteroatoms. The van der Waals surface area contributed by atoms with E-state index in [-0.39, 0.29) is 0 Å². The molecule has 0 unspecified atom stereocenters. The zero-order valence-corrected chi connectivity index (χ0v) is 12.0. The molecule has 100 valence electrons. The second-order valence-corrected chi connectivity index (χ2v) is 5.19. The van der Waals surface area contributed by atoms with Crippen LogP contribution in [0.1, 0.15) is 50.9 Å². The lowest BCUT2D eigenvalue weighted by molar-refractivity contribution is 0.112. The minimum atomic E-state index is 0.508. The second-order valence-electron chi connectivity index (χ2n) is 5.19. The monoisotopic (exact) mass is 247 g/mol. The predicted molar refractivity (Wildman–Crippen MR) is 78.4 cm³/mol. The first kappa shape index (κ1) is 14.7. The van der Waals surface area contributed by atoms with E-state index in [9.17, 15) is 4.79 Å². The van der Waals surface area contributed by atoms with Gasteiger partial charge in [-0.2, -0.15) is 0 Å². The predicted octanol–water partition coefficient (Wildman–Crippen LogP) is 4.15. The van der Waals surface area contributed by atoms with E-state index in [0.717, 1.165) is 36.9 Å². The van der Waals surface area contributed by atoms with Gasteiger partial charge >= 0.3 is 0 Å². The molecular formula is C16H25NO. The van der Waals surface area contributed by atoms with Crippen LogP contribution in [0.15, 0.2) is 24.3 Å². The van der Waals surface area contributed by atoms with Crippen molar-refractivity contribution in [1.29, 1.82) is 0 Å². The number of aldehydes is 1. The van der Waals surface area contributed by atoms with Gasteiger partial charge in [0.2, 0.25) is 0 Å². The van der Waals surface area contributed by atoms with E-state index >= 15 is 0 Å². The number of anilines is 1. The van der Waals surface area contributed by atoms with Crippen LogP contribution in [-0.2, 0) is 0 Å². The summed E-state index contributed by atoms with van der Waals surface area (Å²) in [7, 11) is 0. The molecule has 0 amide bonds. The molecule has 1 aromatic rings. The summed E-state index contributed by atoms with van der Waals surface area (Å²) < 4.78 is 0. The summed E-state index contributed by atoms with van der Waals surface area (Å²) in [6, 6.07) is 8.40. The molecule has 0 atom stereocenters. The lowest BCUT2D eigenvalue weighted by atomic mass is 10.0. The molecule has 0 aliphatic heterocycles. The highest BCUT2D eigenvalue weighted by Gasteiger charge is 2.18. The molecule has 1 rings (SSSR count). The van der Waals surface area contributed by atoms with Crippen molar-refractivity contribution in [1.82, 2.24) is 0 Å². The molecule has 0 bridgehead atoms. The standard InChI is InChI=1S/C16H25NO/c1-5-15(6-2)17(11-13(3)4)16-10-8-7-9-14(16)12-18/h7-10,12-13,15H,5-6,11H2,1-4H3. The highest BCUT2D eigenvalue weighted by Crippen LogP contribution is 2.25. The lowest BCUT2D eigenvalue weighted by Crippen LogP contribution is -2.38. The van der Waals surface area contributed by atoms with Crippen LogP contribution < -0.4 is 4.90 Å². The minimum Gasteiger partial charge on any atom is -0.368 e. The summed E-state index contributed by atoms with van der Waals surface area (Å²) in [5.41, 5.74) is 1.87. The normalized spacial score (nSPS) is 11.0. The van der Waals surface area contributed by atoms with Crippen LogP contribution in [0.2, 0.25) is 0 Å². The number of carbonyl (C=O) groups excluding carboxylic acids is 1. The molecule has 0 N–H and O–H groups in total. The Morgan fingerprint density at radius 3 is 2.28 bits per heavy atom. The van der Waals surface area contributed by atoms with Crippen molar-refractivity contribution < 1.29 is 4.79 Å². The molecule has 18 heavy (non-hydrogen) atoms. The fourth-order valence-corrected chi connectivity index (χ4v) is 2.42. The van der Waals surface area contributed by atoms with Crippen molar-refractivity contribution in [3.05, 3.63) is 29.8 Å². The van der Waals surface area contributed by atoms with Crippen LogP contribution in [0, 0.1) is 5.92 Å². The summed E-state index contributed by atoms with van der Waals surface area (Å²) >= 11 is 0. The Labute approximate surface area is 111 Å². The molecule has 0 saturated carbocycles. The third-order valence-corrected chi connectivity index (χ3v) is 3.32. The van der Waals surface area contributed by atoms with Gasteiger partial charge in [0.05, 0.1) is 0 Å². The van der Waals surface area contributed by atoms with E-state index < -0.39 is 0 Å². The van der Waals surface area contributed by atoms with Gasteiger partial charge in [-0.25, -0.2) is 0 Å². The molecular weight excluding hydrogens is 222 g/mol. The Morgan fingerprint density at radius 2 is 1.78 bits per heavy atom. The molecule has 0 radical (unpaired) electrons. The molecule has 0 fully saturated rings. The lowest BCUT2D eigenvalue weighted by Gasteiger charge is -2.35. The number of para-hydroxylation sites is 1. The topological polar surface area (TPSA) is 20.3 Å². The Hall–Kier alpha value is -1.31. The van der Waals surface area contributed by atoms with Gasteiger partial charge in [0.15, 0.2) is 6.29 Å². The molecule has 0 saturated heterocycles. The van der Waals surface area contributed by atoms with Gasteiger partial charge in [-0.15, -0.1) is 0 Å². The average Bonchev–Trinajstić information content (AvgIpc) is 2.38. The fourth-order valence-electron chi connectivity index (χ4n) is 2.42. The maximum absolute atomic E-state index is 11.2. The number of hydrogen-bond donors (Lipinski definition) is 0. The van der Waals surface area contributed by atoms with Crippen molar-refractivity contribution >= 4 is 12.0 Å². The highest BCUT2D eigenvalue weighted by molar-refractivity contribution is 5.84. The summed E-state index contributed by atoms with van der Waals surface area (Å²) in [5, 5.41) is 0. The van der Waals surface area contributed by atoms with E-state index in [4.69, 9.17) is 0 Å². The van der Waals surface area contributed by atoms with Crippen molar-refractivity contribution in [2.24, 2.45) is 5.92 Å². The molecule has 0 heterocycles. The number of carbonyl (C=O) groups is 1. The largest absolute Gasteiger partial charge is 0.368 e. The van der Waals surface area contributed by atoms with E-state index in [1.807, 2.05) is 18.2 Å². The van der Waals surface area contributed by atoms with E-state index in [1.165, 1.54) is 0 Å². The minimum absolute atomic E-state index is 0.508. The smallest absolute Gasteiger partial charge is 0.152 e. The summed E-state index contributed by atoms with van der Waals surface area (Å²) in [6.07, 6.45) is 3.18. The Kier molecular flexibility index (Phi) is 5.90. The van der Waals surface area contributed by atoms with Gasteiger partial charge in [0, 0.05) is 23.8 Å². The van der Waals surface area contributed by atoms with Crippen molar-refractivity contribution in [2.75, 3.05) is 11.4 Å². The first-order valence-corrected chi connectivity index (χ1v) is 6.94. The average molecular weight is 247 g/mol. The van der Waals surface area contributed by atoms with Gasteiger partial charge < -0.3 is 4.90 Å². The van der Waals surface area contributed by atoms with Gasteiger partial charge in [-0.1, -0.05) is 39.8 Å². The van der Waals surface area contributed by atoms with Gasteiger partial charge in [-0.05, 0) is 30.9 Å². The first-order valence-electron chi connectivity index (χ1n) is 6.94. The zero-order chi connectivity index (χ0) is 13.5. The van der Waals surface area contributed by atoms with E-state index in [0.29, 0.717) is 12.0 Å². The van der Waals surface area contributed by atoms with Crippen LogP contribution in [-0.4, -0.2) is 18.9 Å². The Bertz CT molecular complexity index is 369.